The minimum Gasteiger partial charge on any atom is -1.00 e. The third-order valence-electron chi connectivity index (χ3n) is 2.87. The average molecular weight is 459 g/mol. The molecule has 136 valence electrons. The van der Waals surface area contributed by atoms with E-state index in [1.807, 2.05) is 13.8 Å². The molecule has 2 aromatic carbocycles. The van der Waals surface area contributed by atoms with Crippen molar-refractivity contribution in [1.82, 2.24) is 8.48 Å². The van der Waals surface area contributed by atoms with Crippen LogP contribution in [0.3, 0.4) is 0 Å². The van der Waals surface area contributed by atoms with E-state index in [1.165, 1.54) is 24.3 Å². The van der Waals surface area contributed by atoms with E-state index in [-0.39, 0.29) is 71.8 Å². The summed E-state index contributed by atoms with van der Waals surface area (Å²) in [6, 6.07) is 12.8. The van der Waals surface area contributed by atoms with Crippen LogP contribution in [0, 0.1) is 13.8 Å². The summed E-state index contributed by atoms with van der Waals surface area (Å²) >= 11 is 10.1. The van der Waals surface area contributed by atoms with Gasteiger partial charge in [-0.2, -0.15) is 0 Å². The molecule has 0 saturated carbocycles. The minimum absolute atomic E-state index is 0. The zero-order valence-electron chi connectivity index (χ0n) is 16.8. The second-order valence-corrected chi connectivity index (χ2v) is 8.98. The molecular weight excluding hydrogens is 441 g/mol. The van der Waals surface area contributed by atoms with Crippen molar-refractivity contribution in [3.05, 3.63) is 59.7 Å². The summed E-state index contributed by atoms with van der Waals surface area (Å²) in [5.41, 5.74) is 2.01. The van der Waals surface area contributed by atoms with Crippen LogP contribution in [0.25, 0.3) is 0 Å². The maximum Gasteiger partial charge on any atom is 1.00 e. The molecule has 0 amide bonds. The number of nitrogens with one attached hydrogen (secondary N) is 2. The summed E-state index contributed by atoms with van der Waals surface area (Å²) < 4.78 is 47.7. The summed E-state index contributed by atoms with van der Waals surface area (Å²) in [5.74, 6) is 0. The molecule has 0 heterocycles. The third-order valence-corrected chi connectivity index (χ3v) is 6.28. The standard InChI is InChI=1S/2C7H8ClNO2S.2Na.2H/c2*1-6-2-4-7(5-3-6)12(10,11)9-8;;;;/h2*2-5,9H,1H3;;;;/q;;2*+1;2*-1. The Kier molecular flexibility index (Phi) is 14.7. The van der Waals surface area contributed by atoms with E-state index in [4.69, 9.17) is 23.6 Å². The van der Waals surface area contributed by atoms with Gasteiger partial charge in [-0.3, -0.25) is 0 Å². The van der Waals surface area contributed by atoms with Crippen molar-refractivity contribution >= 4 is 43.6 Å². The second-order valence-electron chi connectivity index (χ2n) is 4.79. The predicted octanol–water partition coefficient (Wildman–Crippen LogP) is -2.91. The molecule has 0 unspecified atom stereocenters. The van der Waals surface area contributed by atoms with Gasteiger partial charge in [0.25, 0.3) is 20.0 Å². The zero-order valence-corrected chi connectivity index (χ0v) is 22.0. The summed E-state index contributed by atoms with van der Waals surface area (Å²) in [6.45, 7) is 3.76. The Morgan fingerprint density at radius 1 is 0.654 bits per heavy atom. The maximum atomic E-state index is 11.1. The van der Waals surface area contributed by atoms with E-state index in [9.17, 15) is 16.8 Å². The smallest absolute Gasteiger partial charge is 1.00 e. The molecule has 0 fully saturated rings. The van der Waals surface area contributed by atoms with E-state index in [1.54, 1.807) is 32.7 Å². The van der Waals surface area contributed by atoms with Gasteiger partial charge in [0.15, 0.2) is 0 Å². The van der Waals surface area contributed by atoms with Gasteiger partial charge in [-0.1, -0.05) is 35.4 Å². The number of hydrogen-bond acceptors (Lipinski definition) is 4. The fraction of sp³-hybridized carbons (Fsp3) is 0.143. The van der Waals surface area contributed by atoms with Crippen molar-refractivity contribution in [3.63, 3.8) is 0 Å². The third kappa shape index (κ3) is 9.36. The molecular formula is C14H18Cl2N2Na2O4S2. The molecule has 0 aliphatic rings. The summed E-state index contributed by atoms with van der Waals surface area (Å²) in [4.78, 5) is 0.339. The van der Waals surface area contributed by atoms with E-state index in [0.29, 0.717) is 0 Å². The largest absolute Gasteiger partial charge is 1.00 e. The van der Waals surface area contributed by atoms with Crippen LogP contribution in [0.2, 0.25) is 0 Å². The molecule has 2 aromatic rings. The van der Waals surface area contributed by atoms with Gasteiger partial charge in [0.1, 0.15) is 0 Å². The van der Waals surface area contributed by atoms with Crippen LogP contribution in [0.15, 0.2) is 58.3 Å². The van der Waals surface area contributed by atoms with E-state index in [0.717, 1.165) is 11.1 Å². The summed E-state index contributed by atoms with van der Waals surface area (Å²) in [7, 11) is -7.00. The van der Waals surface area contributed by atoms with Crippen LogP contribution < -0.4 is 67.6 Å². The van der Waals surface area contributed by atoms with Gasteiger partial charge in [0.2, 0.25) is 0 Å². The Balaban J connectivity index is -0.000000180. The fourth-order valence-electron chi connectivity index (χ4n) is 1.52. The Morgan fingerprint density at radius 2 is 0.885 bits per heavy atom. The molecule has 0 saturated heterocycles. The van der Waals surface area contributed by atoms with Crippen molar-refractivity contribution in [2.75, 3.05) is 0 Å². The first-order valence-corrected chi connectivity index (χ1v) is 10.2. The molecule has 0 aliphatic heterocycles. The average Bonchev–Trinajstić information content (AvgIpc) is 2.56. The fourth-order valence-corrected chi connectivity index (χ4v) is 3.23. The molecule has 0 aliphatic carbocycles. The molecule has 0 atom stereocenters. The Hall–Kier alpha value is 0.840. The van der Waals surface area contributed by atoms with Crippen LogP contribution in [0.1, 0.15) is 14.0 Å². The topological polar surface area (TPSA) is 92.3 Å². The normalized spacial score (nSPS) is 10.6. The minimum atomic E-state index is -3.50. The van der Waals surface area contributed by atoms with Gasteiger partial charge >= 0.3 is 59.1 Å². The van der Waals surface area contributed by atoms with Crippen LogP contribution >= 0.6 is 23.6 Å². The van der Waals surface area contributed by atoms with Crippen molar-refractivity contribution in [2.24, 2.45) is 0 Å². The first-order chi connectivity index (χ1) is 11.1. The first kappa shape index (κ1) is 29.0. The van der Waals surface area contributed by atoms with Crippen LogP contribution in [0.5, 0.6) is 0 Å². The monoisotopic (exact) mass is 458 g/mol. The Labute approximate surface area is 211 Å². The summed E-state index contributed by atoms with van der Waals surface area (Å²) in [5, 5.41) is 0. The Morgan fingerprint density at radius 3 is 1.08 bits per heavy atom. The molecule has 26 heavy (non-hydrogen) atoms. The van der Waals surface area contributed by atoms with Crippen LogP contribution in [-0.2, 0) is 20.0 Å². The van der Waals surface area contributed by atoms with E-state index < -0.39 is 20.0 Å². The molecule has 0 spiro atoms. The van der Waals surface area contributed by atoms with Crippen molar-refractivity contribution in [1.29, 1.82) is 0 Å². The van der Waals surface area contributed by atoms with E-state index in [2.05, 4.69) is 0 Å². The van der Waals surface area contributed by atoms with Gasteiger partial charge in [0.05, 0.1) is 9.79 Å². The predicted molar refractivity (Wildman–Crippen MR) is 96.9 cm³/mol. The first-order valence-electron chi connectivity index (χ1n) is 6.50. The molecule has 2 rings (SSSR count). The number of aryl methyl sites for hydroxylation is 2. The number of sulfonamides is 2. The van der Waals surface area contributed by atoms with Gasteiger partial charge in [-0.25, -0.2) is 16.8 Å². The van der Waals surface area contributed by atoms with E-state index >= 15 is 0 Å². The quantitative estimate of drug-likeness (QED) is 0.379. The number of benzene rings is 2. The number of hydrogen-bond donors (Lipinski definition) is 2. The molecule has 2 N–H and O–H groups in total. The second kappa shape index (κ2) is 13.1. The van der Waals surface area contributed by atoms with Gasteiger partial charge in [-0.05, 0) is 61.7 Å². The van der Waals surface area contributed by atoms with Gasteiger partial charge < -0.3 is 2.85 Å². The molecule has 0 aromatic heterocycles. The van der Waals surface area contributed by atoms with Crippen LogP contribution in [0.4, 0.5) is 0 Å². The van der Waals surface area contributed by atoms with Crippen molar-refractivity contribution in [3.8, 4) is 0 Å². The molecule has 0 radical (unpaired) electrons. The number of halogens is 2. The van der Waals surface area contributed by atoms with Gasteiger partial charge in [-0.15, -0.1) is 8.48 Å². The molecule has 6 nitrogen and oxygen atoms in total. The molecule has 0 bridgehead atoms. The molecule has 12 heteroatoms. The van der Waals surface area contributed by atoms with Crippen LogP contribution in [-0.4, -0.2) is 16.8 Å². The maximum absolute atomic E-state index is 11.1. The number of rotatable bonds is 4. The van der Waals surface area contributed by atoms with Crippen molar-refractivity contribution < 1.29 is 78.8 Å². The van der Waals surface area contributed by atoms with Gasteiger partial charge in [0, 0.05) is 0 Å². The van der Waals surface area contributed by atoms with Crippen molar-refractivity contribution in [2.45, 2.75) is 23.6 Å². The Bertz CT molecular complexity index is 811. The summed E-state index contributed by atoms with van der Waals surface area (Å²) in [6.07, 6.45) is 0. The SMILES string of the molecule is Cc1ccc(S(=O)(=O)NCl)cc1.Cc1ccc(S(=O)(=O)NCl)cc1.[H-].[H-].[Na+].[Na+]. The zero-order chi connectivity index (χ0) is 18.4.